The summed E-state index contributed by atoms with van der Waals surface area (Å²) >= 11 is 2.25. The van der Waals surface area contributed by atoms with Gasteiger partial charge in [-0.2, -0.15) is 5.10 Å². The summed E-state index contributed by atoms with van der Waals surface area (Å²) in [7, 11) is 0. The fraction of sp³-hybridized carbons (Fsp3) is 0.625. The summed E-state index contributed by atoms with van der Waals surface area (Å²) in [4.78, 5) is 0. The maximum absolute atomic E-state index is 8.54. The van der Waals surface area contributed by atoms with Gasteiger partial charge >= 0.3 is 0 Å². The number of hydrogen-bond acceptors (Lipinski definition) is 2. The van der Waals surface area contributed by atoms with Crippen LogP contribution < -0.4 is 0 Å². The molecule has 0 radical (unpaired) electrons. The van der Waals surface area contributed by atoms with Gasteiger partial charge in [0.05, 0.1) is 9.77 Å². The number of hydrogen-bond donors (Lipinski definition) is 1. The number of unbranched alkanes of at least 4 members (excludes halogenated alkanes) is 2. The topological polar surface area (TPSA) is 38.0 Å². The summed E-state index contributed by atoms with van der Waals surface area (Å²) < 4.78 is 3.12. The smallest absolute Gasteiger partial charge is 0.0623 e. The Morgan fingerprint density at radius 3 is 2.83 bits per heavy atom. The Bertz CT molecular complexity index is 225. The van der Waals surface area contributed by atoms with E-state index in [1.165, 1.54) is 3.57 Å². The Balaban J connectivity index is 2.15. The van der Waals surface area contributed by atoms with E-state index in [4.69, 9.17) is 5.11 Å². The van der Waals surface area contributed by atoms with Gasteiger partial charge in [-0.3, -0.25) is 4.68 Å². The standard InChI is InChI=1S/C8H13IN2O/c9-8-6-10-11(7-8)4-2-1-3-5-12/h6-7,12H,1-5H2. The minimum Gasteiger partial charge on any atom is -0.396 e. The fourth-order valence-electron chi connectivity index (χ4n) is 1.02. The molecule has 0 atom stereocenters. The molecule has 68 valence electrons. The van der Waals surface area contributed by atoms with E-state index in [0.717, 1.165) is 25.8 Å². The number of aliphatic hydroxyl groups is 1. The van der Waals surface area contributed by atoms with Crippen LogP contribution in [-0.2, 0) is 6.54 Å². The normalized spacial score (nSPS) is 10.5. The molecular formula is C8H13IN2O. The van der Waals surface area contributed by atoms with Crippen molar-refractivity contribution in [1.82, 2.24) is 9.78 Å². The summed E-state index contributed by atoms with van der Waals surface area (Å²) in [5.41, 5.74) is 0. The van der Waals surface area contributed by atoms with Gasteiger partial charge in [-0.25, -0.2) is 0 Å². The van der Waals surface area contributed by atoms with Crippen molar-refractivity contribution in [3.8, 4) is 0 Å². The first-order chi connectivity index (χ1) is 5.83. The van der Waals surface area contributed by atoms with Crippen molar-refractivity contribution in [1.29, 1.82) is 0 Å². The van der Waals surface area contributed by atoms with E-state index in [-0.39, 0.29) is 0 Å². The molecule has 0 fully saturated rings. The number of aromatic nitrogens is 2. The molecule has 0 unspecified atom stereocenters. The van der Waals surface area contributed by atoms with Gasteiger partial charge in [0.25, 0.3) is 0 Å². The highest BCUT2D eigenvalue weighted by Gasteiger charge is 1.94. The minimum atomic E-state index is 0.302. The van der Waals surface area contributed by atoms with Crippen molar-refractivity contribution in [2.45, 2.75) is 25.8 Å². The Hall–Kier alpha value is -0.100. The second-order valence-corrected chi connectivity index (χ2v) is 3.95. The first-order valence-corrected chi connectivity index (χ1v) is 5.19. The van der Waals surface area contributed by atoms with Crippen LogP contribution in [0.4, 0.5) is 0 Å². The van der Waals surface area contributed by atoms with E-state index >= 15 is 0 Å². The molecule has 1 aromatic rings. The molecule has 0 spiro atoms. The second kappa shape index (κ2) is 5.53. The van der Waals surface area contributed by atoms with E-state index in [1.807, 2.05) is 17.1 Å². The van der Waals surface area contributed by atoms with Crippen molar-refractivity contribution >= 4 is 22.6 Å². The van der Waals surface area contributed by atoms with Crippen LogP contribution in [-0.4, -0.2) is 21.5 Å². The monoisotopic (exact) mass is 280 g/mol. The average Bonchev–Trinajstić information content (AvgIpc) is 2.45. The van der Waals surface area contributed by atoms with E-state index in [9.17, 15) is 0 Å². The molecule has 0 bridgehead atoms. The zero-order valence-electron chi connectivity index (χ0n) is 6.91. The molecule has 4 heteroatoms. The van der Waals surface area contributed by atoms with Gasteiger partial charge < -0.3 is 5.11 Å². The molecule has 3 nitrogen and oxygen atoms in total. The van der Waals surface area contributed by atoms with Crippen molar-refractivity contribution in [2.24, 2.45) is 0 Å². The van der Waals surface area contributed by atoms with Crippen LogP contribution in [0.2, 0.25) is 0 Å². The van der Waals surface area contributed by atoms with Crippen molar-refractivity contribution in [3.05, 3.63) is 16.0 Å². The van der Waals surface area contributed by atoms with Crippen LogP contribution in [0.5, 0.6) is 0 Å². The lowest BCUT2D eigenvalue weighted by Crippen LogP contribution is -1.98. The molecule has 1 rings (SSSR count). The fourth-order valence-corrected chi connectivity index (χ4v) is 1.47. The van der Waals surface area contributed by atoms with Crippen molar-refractivity contribution in [3.63, 3.8) is 0 Å². The summed E-state index contributed by atoms with van der Waals surface area (Å²) in [6.45, 7) is 1.26. The highest BCUT2D eigenvalue weighted by atomic mass is 127. The third-order valence-corrected chi connectivity index (χ3v) is 2.20. The van der Waals surface area contributed by atoms with Gasteiger partial charge in [-0.1, -0.05) is 0 Å². The molecule has 12 heavy (non-hydrogen) atoms. The number of halogens is 1. The maximum atomic E-state index is 8.54. The van der Waals surface area contributed by atoms with Crippen molar-refractivity contribution in [2.75, 3.05) is 6.61 Å². The molecular weight excluding hydrogens is 267 g/mol. The maximum Gasteiger partial charge on any atom is 0.0623 e. The van der Waals surface area contributed by atoms with Crippen LogP contribution in [0.25, 0.3) is 0 Å². The molecule has 0 aliphatic heterocycles. The highest BCUT2D eigenvalue weighted by Crippen LogP contribution is 2.03. The van der Waals surface area contributed by atoms with Crippen LogP contribution in [0.3, 0.4) is 0 Å². The van der Waals surface area contributed by atoms with Gasteiger partial charge in [-0.05, 0) is 41.9 Å². The third kappa shape index (κ3) is 3.53. The van der Waals surface area contributed by atoms with Crippen LogP contribution in [0.1, 0.15) is 19.3 Å². The quantitative estimate of drug-likeness (QED) is 0.658. The molecule has 0 aliphatic rings. The molecule has 0 aliphatic carbocycles. The van der Waals surface area contributed by atoms with E-state index < -0.39 is 0 Å². The second-order valence-electron chi connectivity index (χ2n) is 2.71. The summed E-state index contributed by atoms with van der Waals surface area (Å²) in [5.74, 6) is 0. The van der Waals surface area contributed by atoms with E-state index in [1.54, 1.807) is 0 Å². The summed E-state index contributed by atoms with van der Waals surface area (Å²) in [5, 5.41) is 12.7. The van der Waals surface area contributed by atoms with Gasteiger partial charge in [0.1, 0.15) is 0 Å². The minimum absolute atomic E-state index is 0.302. The van der Waals surface area contributed by atoms with Crippen molar-refractivity contribution < 1.29 is 5.11 Å². The molecule has 1 N–H and O–H groups in total. The van der Waals surface area contributed by atoms with E-state index in [2.05, 4.69) is 27.7 Å². The van der Waals surface area contributed by atoms with Crippen LogP contribution >= 0.6 is 22.6 Å². The largest absolute Gasteiger partial charge is 0.396 e. The molecule has 1 aromatic heterocycles. The first kappa shape index (κ1) is 9.98. The Morgan fingerprint density at radius 2 is 2.25 bits per heavy atom. The van der Waals surface area contributed by atoms with Gasteiger partial charge in [-0.15, -0.1) is 0 Å². The highest BCUT2D eigenvalue weighted by molar-refractivity contribution is 14.1. The zero-order chi connectivity index (χ0) is 8.81. The number of aliphatic hydroxyl groups excluding tert-OH is 1. The Morgan fingerprint density at radius 1 is 1.42 bits per heavy atom. The zero-order valence-corrected chi connectivity index (χ0v) is 9.07. The lowest BCUT2D eigenvalue weighted by atomic mass is 10.2. The third-order valence-electron chi connectivity index (χ3n) is 1.65. The number of rotatable bonds is 5. The molecule has 0 amide bonds. The first-order valence-electron chi connectivity index (χ1n) is 4.12. The number of aryl methyl sites for hydroxylation is 1. The van der Waals surface area contributed by atoms with Gasteiger partial charge in [0, 0.05) is 19.3 Å². The predicted octanol–water partition coefficient (Wildman–Crippen LogP) is 1.65. The lowest BCUT2D eigenvalue weighted by Gasteiger charge is -1.99. The summed E-state index contributed by atoms with van der Waals surface area (Å²) in [6, 6.07) is 0. The Labute approximate surface area is 85.9 Å². The molecule has 0 saturated heterocycles. The molecule has 1 heterocycles. The average molecular weight is 280 g/mol. The Kier molecular flexibility index (Phi) is 4.60. The summed E-state index contributed by atoms with van der Waals surface area (Å²) in [6.07, 6.45) is 6.95. The van der Waals surface area contributed by atoms with Crippen LogP contribution in [0.15, 0.2) is 12.4 Å². The van der Waals surface area contributed by atoms with E-state index in [0.29, 0.717) is 6.61 Å². The van der Waals surface area contributed by atoms with Crippen LogP contribution in [0, 0.1) is 3.57 Å². The SMILES string of the molecule is OCCCCCn1cc(I)cn1. The lowest BCUT2D eigenvalue weighted by molar-refractivity contribution is 0.281. The molecule has 0 saturated carbocycles. The molecule has 0 aromatic carbocycles. The van der Waals surface area contributed by atoms with Gasteiger partial charge in [0.2, 0.25) is 0 Å². The van der Waals surface area contributed by atoms with Gasteiger partial charge in [0.15, 0.2) is 0 Å². The predicted molar refractivity (Wildman–Crippen MR) is 55.9 cm³/mol. The number of nitrogens with zero attached hydrogens (tertiary/aromatic N) is 2.